The Morgan fingerprint density at radius 2 is 1.90 bits per heavy atom. The molecule has 3 rings (SSSR count). The number of benzene rings is 2. The zero-order valence-corrected chi connectivity index (χ0v) is 10.7. The fourth-order valence-corrected chi connectivity index (χ4v) is 1.94. The molecule has 0 saturated heterocycles. The number of nitrogens with one attached hydrogen (secondary N) is 1. The Hall–Kier alpha value is -2.88. The molecule has 0 unspecified atom stereocenters. The van der Waals surface area contributed by atoms with Crippen molar-refractivity contribution in [1.82, 2.24) is 9.55 Å². The van der Waals surface area contributed by atoms with Gasteiger partial charge in [-0.05, 0) is 30.3 Å². The van der Waals surface area contributed by atoms with Crippen LogP contribution in [0.5, 0.6) is 0 Å². The quantitative estimate of drug-likeness (QED) is 0.789. The molecule has 0 radical (unpaired) electrons. The molecule has 1 aromatic heterocycles. The summed E-state index contributed by atoms with van der Waals surface area (Å²) in [6.07, 6.45) is 5.25. The minimum atomic E-state index is -0.127. The van der Waals surface area contributed by atoms with Gasteiger partial charge in [0.1, 0.15) is 0 Å². The van der Waals surface area contributed by atoms with Gasteiger partial charge in [0, 0.05) is 29.3 Å². The van der Waals surface area contributed by atoms with Crippen LogP contribution in [0.4, 0.5) is 5.69 Å². The highest BCUT2D eigenvalue weighted by Gasteiger charge is 2.07. The summed E-state index contributed by atoms with van der Waals surface area (Å²) in [5, 5.41) is 2.87. The van der Waals surface area contributed by atoms with E-state index in [1.54, 1.807) is 18.6 Å². The first-order valence-electron chi connectivity index (χ1n) is 6.28. The Kier molecular flexibility index (Phi) is 3.29. The van der Waals surface area contributed by atoms with Crippen molar-refractivity contribution >= 4 is 11.6 Å². The molecule has 0 bridgehead atoms. The first kappa shape index (κ1) is 12.2. The van der Waals surface area contributed by atoms with E-state index in [1.807, 2.05) is 59.3 Å². The zero-order chi connectivity index (χ0) is 13.8. The third kappa shape index (κ3) is 2.59. The van der Waals surface area contributed by atoms with Crippen LogP contribution in [0.3, 0.4) is 0 Å². The lowest BCUT2D eigenvalue weighted by molar-refractivity contribution is 0.102. The molecule has 4 heteroatoms. The average molecular weight is 263 g/mol. The molecule has 3 aromatic rings. The van der Waals surface area contributed by atoms with Crippen LogP contribution in [0.2, 0.25) is 0 Å². The molecule has 0 saturated carbocycles. The Balaban J connectivity index is 1.84. The monoisotopic (exact) mass is 263 g/mol. The predicted octanol–water partition coefficient (Wildman–Crippen LogP) is 3.12. The lowest BCUT2D eigenvalue weighted by atomic mass is 10.2. The molecule has 1 N–H and O–H groups in total. The number of imidazole rings is 1. The second-order valence-corrected chi connectivity index (χ2v) is 4.34. The highest BCUT2D eigenvalue weighted by atomic mass is 16.1. The van der Waals surface area contributed by atoms with Gasteiger partial charge in [-0.25, -0.2) is 4.98 Å². The molecular formula is C16H13N3O. The molecule has 20 heavy (non-hydrogen) atoms. The second-order valence-electron chi connectivity index (χ2n) is 4.34. The van der Waals surface area contributed by atoms with E-state index in [-0.39, 0.29) is 5.91 Å². The van der Waals surface area contributed by atoms with Gasteiger partial charge in [-0.1, -0.05) is 24.3 Å². The van der Waals surface area contributed by atoms with Crippen molar-refractivity contribution in [3.63, 3.8) is 0 Å². The first-order chi connectivity index (χ1) is 9.83. The summed E-state index contributed by atoms with van der Waals surface area (Å²) in [4.78, 5) is 16.2. The van der Waals surface area contributed by atoms with Crippen LogP contribution < -0.4 is 5.32 Å². The SMILES string of the molecule is O=C(Nc1ccccc1)c1cccc(-n2ccnc2)c1. The van der Waals surface area contributed by atoms with Crippen LogP contribution in [-0.4, -0.2) is 15.5 Å². The molecule has 0 atom stereocenters. The van der Waals surface area contributed by atoms with E-state index in [0.29, 0.717) is 5.56 Å². The third-order valence-electron chi connectivity index (χ3n) is 2.94. The van der Waals surface area contributed by atoms with E-state index in [4.69, 9.17) is 0 Å². The van der Waals surface area contributed by atoms with Crippen LogP contribution in [-0.2, 0) is 0 Å². The largest absolute Gasteiger partial charge is 0.322 e. The fourth-order valence-electron chi connectivity index (χ4n) is 1.94. The van der Waals surface area contributed by atoms with Crippen LogP contribution >= 0.6 is 0 Å². The molecule has 0 aliphatic carbocycles. The van der Waals surface area contributed by atoms with Crippen molar-refractivity contribution in [2.24, 2.45) is 0 Å². The number of hydrogen-bond acceptors (Lipinski definition) is 2. The molecule has 4 nitrogen and oxygen atoms in total. The number of hydrogen-bond donors (Lipinski definition) is 1. The molecule has 0 spiro atoms. The molecule has 1 heterocycles. The normalized spacial score (nSPS) is 10.2. The van der Waals surface area contributed by atoms with E-state index < -0.39 is 0 Å². The molecule has 0 aliphatic rings. The first-order valence-corrected chi connectivity index (χ1v) is 6.28. The molecule has 0 aliphatic heterocycles. The number of para-hydroxylation sites is 1. The summed E-state index contributed by atoms with van der Waals surface area (Å²) in [6.45, 7) is 0. The van der Waals surface area contributed by atoms with E-state index in [9.17, 15) is 4.79 Å². The van der Waals surface area contributed by atoms with Gasteiger partial charge in [0.05, 0.1) is 6.33 Å². The number of carbonyl (C=O) groups is 1. The number of anilines is 1. The lowest BCUT2D eigenvalue weighted by Crippen LogP contribution is -2.12. The predicted molar refractivity (Wildman–Crippen MR) is 78.0 cm³/mol. The topological polar surface area (TPSA) is 46.9 Å². The number of aromatic nitrogens is 2. The summed E-state index contributed by atoms with van der Waals surface area (Å²) in [6, 6.07) is 16.8. The van der Waals surface area contributed by atoms with E-state index >= 15 is 0 Å². The van der Waals surface area contributed by atoms with Gasteiger partial charge < -0.3 is 9.88 Å². The smallest absolute Gasteiger partial charge is 0.255 e. The summed E-state index contributed by atoms with van der Waals surface area (Å²) in [5.41, 5.74) is 2.30. The van der Waals surface area contributed by atoms with Gasteiger partial charge in [0.25, 0.3) is 5.91 Å². The lowest BCUT2D eigenvalue weighted by Gasteiger charge is -2.07. The number of amides is 1. The van der Waals surface area contributed by atoms with Crippen LogP contribution in [0.1, 0.15) is 10.4 Å². The van der Waals surface area contributed by atoms with E-state index in [1.165, 1.54) is 0 Å². The maximum atomic E-state index is 12.2. The van der Waals surface area contributed by atoms with Crippen molar-refractivity contribution in [3.8, 4) is 5.69 Å². The highest BCUT2D eigenvalue weighted by Crippen LogP contribution is 2.13. The number of nitrogens with zero attached hydrogens (tertiary/aromatic N) is 2. The van der Waals surface area contributed by atoms with Crippen LogP contribution in [0, 0.1) is 0 Å². The fraction of sp³-hybridized carbons (Fsp3) is 0. The van der Waals surface area contributed by atoms with Crippen molar-refractivity contribution < 1.29 is 4.79 Å². The van der Waals surface area contributed by atoms with Gasteiger partial charge >= 0.3 is 0 Å². The third-order valence-corrected chi connectivity index (χ3v) is 2.94. The molecule has 2 aromatic carbocycles. The molecule has 0 fully saturated rings. The maximum absolute atomic E-state index is 12.2. The summed E-state index contributed by atoms with van der Waals surface area (Å²) >= 11 is 0. The van der Waals surface area contributed by atoms with Gasteiger partial charge in [-0.2, -0.15) is 0 Å². The second kappa shape index (κ2) is 5.40. The van der Waals surface area contributed by atoms with Crippen molar-refractivity contribution in [1.29, 1.82) is 0 Å². The van der Waals surface area contributed by atoms with Gasteiger partial charge in [0.15, 0.2) is 0 Å². The molecular weight excluding hydrogens is 250 g/mol. The summed E-state index contributed by atoms with van der Waals surface area (Å²) < 4.78 is 1.86. The minimum Gasteiger partial charge on any atom is -0.322 e. The summed E-state index contributed by atoms with van der Waals surface area (Å²) in [7, 11) is 0. The van der Waals surface area contributed by atoms with Crippen LogP contribution in [0.25, 0.3) is 5.69 Å². The Morgan fingerprint density at radius 1 is 1.05 bits per heavy atom. The van der Waals surface area contributed by atoms with Gasteiger partial charge in [0.2, 0.25) is 0 Å². The minimum absolute atomic E-state index is 0.127. The van der Waals surface area contributed by atoms with Crippen LogP contribution in [0.15, 0.2) is 73.3 Å². The van der Waals surface area contributed by atoms with Gasteiger partial charge in [-0.3, -0.25) is 4.79 Å². The van der Waals surface area contributed by atoms with E-state index in [2.05, 4.69) is 10.3 Å². The number of carbonyl (C=O) groups excluding carboxylic acids is 1. The Bertz CT molecular complexity index is 706. The molecule has 98 valence electrons. The average Bonchev–Trinajstić information content (AvgIpc) is 3.03. The Morgan fingerprint density at radius 3 is 2.65 bits per heavy atom. The zero-order valence-electron chi connectivity index (χ0n) is 10.7. The maximum Gasteiger partial charge on any atom is 0.255 e. The molecule has 1 amide bonds. The highest BCUT2D eigenvalue weighted by molar-refractivity contribution is 6.04. The Labute approximate surface area is 116 Å². The standard InChI is InChI=1S/C16H13N3O/c20-16(18-14-6-2-1-3-7-14)13-5-4-8-15(11-13)19-10-9-17-12-19/h1-12H,(H,18,20). The summed E-state index contributed by atoms with van der Waals surface area (Å²) in [5.74, 6) is -0.127. The van der Waals surface area contributed by atoms with Crippen molar-refractivity contribution in [2.45, 2.75) is 0 Å². The number of rotatable bonds is 3. The van der Waals surface area contributed by atoms with E-state index in [0.717, 1.165) is 11.4 Å². The van der Waals surface area contributed by atoms with Gasteiger partial charge in [-0.15, -0.1) is 0 Å². The van der Waals surface area contributed by atoms with Crippen molar-refractivity contribution in [2.75, 3.05) is 5.32 Å². The van der Waals surface area contributed by atoms with Crippen molar-refractivity contribution in [3.05, 3.63) is 78.9 Å².